The molecule has 2 bridgehead atoms. The lowest BCUT2D eigenvalue weighted by atomic mass is 9.97. The minimum Gasteiger partial charge on any atom is -0.481 e. The molecule has 0 amide bonds. The minimum atomic E-state index is -0.773. The van der Waals surface area contributed by atoms with E-state index in [2.05, 4.69) is 23.5 Å². The zero-order valence-electron chi connectivity index (χ0n) is 10.9. The van der Waals surface area contributed by atoms with Crippen LogP contribution in [0.5, 0.6) is 0 Å². The second-order valence-corrected chi connectivity index (χ2v) is 5.30. The van der Waals surface area contributed by atoms with E-state index in [0.717, 1.165) is 37.2 Å². The second-order valence-electron chi connectivity index (χ2n) is 5.30. The maximum Gasteiger partial charge on any atom is 0.303 e. The fourth-order valence-electron chi connectivity index (χ4n) is 2.94. The van der Waals surface area contributed by atoms with Crippen molar-refractivity contribution in [1.82, 2.24) is 5.32 Å². The number of aliphatic imine (C=N–C) groups is 1. The zero-order valence-corrected chi connectivity index (χ0v) is 10.9. The number of carboxylic acids is 1. The van der Waals surface area contributed by atoms with Crippen LogP contribution in [0.3, 0.4) is 0 Å². The molecule has 4 nitrogen and oxygen atoms in total. The quantitative estimate of drug-likeness (QED) is 0.817. The van der Waals surface area contributed by atoms with Crippen LogP contribution < -0.4 is 5.32 Å². The number of rotatable bonds is 3. The molecular formula is C15H18N2O2. The molecule has 3 aliphatic rings. The maximum atomic E-state index is 10.7. The van der Waals surface area contributed by atoms with Gasteiger partial charge in [-0.05, 0) is 37.3 Å². The van der Waals surface area contributed by atoms with Crippen LogP contribution in [-0.4, -0.2) is 23.0 Å². The van der Waals surface area contributed by atoms with Crippen molar-refractivity contribution in [3.8, 4) is 0 Å². The molecule has 0 aromatic heterocycles. The van der Waals surface area contributed by atoms with Gasteiger partial charge in [-0.25, -0.2) is 0 Å². The van der Waals surface area contributed by atoms with E-state index in [1.165, 1.54) is 11.1 Å². The van der Waals surface area contributed by atoms with Crippen molar-refractivity contribution in [1.29, 1.82) is 0 Å². The van der Waals surface area contributed by atoms with Crippen molar-refractivity contribution in [2.75, 3.05) is 0 Å². The lowest BCUT2D eigenvalue weighted by Gasteiger charge is -2.25. The monoisotopic (exact) mass is 258 g/mol. The molecule has 100 valence electrons. The topological polar surface area (TPSA) is 61.7 Å². The van der Waals surface area contributed by atoms with Crippen molar-refractivity contribution in [2.45, 2.75) is 44.6 Å². The molecule has 3 rings (SSSR count). The van der Waals surface area contributed by atoms with Crippen molar-refractivity contribution < 1.29 is 9.90 Å². The zero-order chi connectivity index (χ0) is 13.2. The molecular weight excluding hydrogens is 240 g/mol. The van der Waals surface area contributed by atoms with Crippen molar-refractivity contribution in [3.63, 3.8) is 0 Å². The summed E-state index contributed by atoms with van der Waals surface area (Å²) in [4.78, 5) is 15.4. The minimum absolute atomic E-state index is 0.133. The lowest BCUT2D eigenvalue weighted by Crippen LogP contribution is -2.32. The Hall–Kier alpha value is -1.84. The summed E-state index contributed by atoms with van der Waals surface area (Å²) in [6, 6.07) is 0.244. The van der Waals surface area contributed by atoms with Gasteiger partial charge in [-0.3, -0.25) is 9.79 Å². The van der Waals surface area contributed by atoms with E-state index in [4.69, 9.17) is 10.1 Å². The number of carboxylic acid groups (broad SMARTS) is 1. The Morgan fingerprint density at radius 2 is 2.42 bits per heavy atom. The van der Waals surface area contributed by atoms with Crippen LogP contribution in [0.2, 0.25) is 0 Å². The molecule has 4 heteroatoms. The van der Waals surface area contributed by atoms with Crippen LogP contribution in [0.15, 0.2) is 40.1 Å². The summed E-state index contributed by atoms with van der Waals surface area (Å²) >= 11 is 0. The van der Waals surface area contributed by atoms with Crippen LogP contribution in [-0.2, 0) is 4.79 Å². The lowest BCUT2D eigenvalue weighted by molar-refractivity contribution is -0.136. The molecule has 0 radical (unpaired) electrons. The second kappa shape index (κ2) is 5.03. The van der Waals surface area contributed by atoms with E-state index in [1.54, 1.807) is 0 Å². The van der Waals surface area contributed by atoms with E-state index in [-0.39, 0.29) is 12.5 Å². The van der Waals surface area contributed by atoms with Gasteiger partial charge in [-0.15, -0.1) is 0 Å². The highest BCUT2D eigenvalue weighted by Gasteiger charge is 2.26. The molecule has 1 heterocycles. The normalized spacial score (nSPS) is 24.9. The van der Waals surface area contributed by atoms with E-state index in [9.17, 15) is 4.79 Å². The molecule has 0 spiro atoms. The first-order valence-electron chi connectivity index (χ1n) is 6.87. The number of nitrogens with zero attached hydrogens (tertiary/aromatic N) is 1. The third kappa shape index (κ3) is 2.62. The Morgan fingerprint density at radius 3 is 3.26 bits per heavy atom. The number of carbonyl (C=O) groups is 1. The highest BCUT2D eigenvalue weighted by Crippen LogP contribution is 2.34. The summed E-state index contributed by atoms with van der Waals surface area (Å²) in [6.45, 7) is 0. The first-order chi connectivity index (χ1) is 9.22. The average molecular weight is 258 g/mol. The maximum absolute atomic E-state index is 10.7. The number of hydrogen-bond acceptors (Lipinski definition) is 3. The Balaban J connectivity index is 1.84. The van der Waals surface area contributed by atoms with Crippen molar-refractivity contribution in [2.24, 2.45) is 4.99 Å². The van der Waals surface area contributed by atoms with Crippen molar-refractivity contribution >= 4 is 11.8 Å². The molecule has 1 aliphatic heterocycles. The Bertz CT molecular complexity index is 526. The average Bonchev–Trinajstić information content (AvgIpc) is 2.69. The molecule has 0 aromatic carbocycles. The van der Waals surface area contributed by atoms with Gasteiger partial charge >= 0.3 is 5.97 Å². The molecule has 0 aromatic rings. The van der Waals surface area contributed by atoms with E-state index in [0.29, 0.717) is 6.42 Å². The molecule has 0 saturated heterocycles. The summed E-state index contributed by atoms with van der Waals surface area (Å²) < 4.78 is 0. The van der Waals surface area contributed by atoms with Crippen molar-refractivity contribution in [3.05, 3.63) is 35.1 Å². The van der Waals surface area contributed by atoms with Gasteiger partial charge in [0.25, 0.3) is 0 Å². The first-order valence-corrected chi connectivity index (χ1v) is 6.87. The van der Waals surface area contributed by atoms with Crippen LogP contribution in [0.1, 0.15) is 38.5 Å². The van der Waals surface area contributed by atoms with Gasteiger partial charge in [0.2, 0.25) is 0 Å². The van der Waals surface area contributed by atoms with Gasteiger partial charge in [0.15, 0.2) is 0 Å². The number of fused-ring (bicyclic) bond motifs is 1. The number of allylic oxidation sites excluding steroid dienone is 4. The van der Waals surface area contributed by atoms with E-state index in [1.807, 2.05) is 0 Å². The number of hydrogen-bond donors (Lipinski definition) is 2. The smallest absolute Gasteiger partial charge is 0.303 e. The summed E-state index contributed by atoms with van der Waals surface area (Å²) in [5, 5.41) is 12.1. The number of nitrogens with one attached hydrogen (secondary N) is 1. The molecule has 1 saturated carbocycles. The van der Waals surface area contributed by atoms with Gasteiger partial charge in [-0.2, -0.15) is 0 Å². The molecule has 2 aliphatic carbocycles. The number of aliphatic carboxylic acids is 1. The fourth-order valence-corrected chi connectivity index (χ4v) is 2.94. The van der Waals surface area contributed by atoms with E-state index < -0.39 is 5.97 Å². The van der Waals surface area contributed by atoms with Crippen LogP contribution >= 0.6 is 0 Å². The summed E-state index contributed by atoms with van der Waals surface area (Å²) in [7, 11) is 0. The highest BCUT2D eigenvalue weighted by molar-refractivity contribution is 5.88. The SMILES string of the molecule is O=C(O)CCC1=NC2CCCC3=CC=CC(=C2C3)N1. The molecule has 19 heavy (non-hydrogen) atoms. The summed E-state index contributed by atoms with van der Waals surface area (Å²) in [6.07, 6.45) is 11.4. The number of amidine groups is 1. The van der Waals surface area contributed by atoms with Gasteiger partial charge in [-0.1, -0.05) is 17.7 Å². The van der Waals surface area contributed by atoms with Gasteiger partial charge in [0.05, 0.1) is 12.5 Å². The highest BCUT2D eigenvalue weighted by atomic mass is 16.4. The summed E-state index contributed by atoms with van der Waals surface area (Å²) in [5.41, 5.74) is 3.99. The predicted octanol–water partition coefficient (Wildman–Crippen LogP) is 2.55. The molecule has 2 N–H and O–H groups in total. The molecule has 1 atom stereocenters. The molecule has 1 unspecified atom stereocenters. The first kappa shape index (κ1) is 12.2. The Morgan fingerprint density at radius 1 is 1.53 bits per heavy atom. The van der Waals surface area contributed by atoms with E-state index >= 15 is 0 Å². The van der Waals surface area contributed by atoms with Crippen LogP contribution in [0.4, 0.5) is 0 Å². The largest absolute Gasteiger partial charge is 0.481 e. The predicted molar refractivity (Wildman–Crippen MR) is 73.9 cm³/mol. The van der Waals surface area contributed by atoms with Gasteiger partial charge < -0.3 is 10.4 Å². The Labute approximate surface area is 112 Å². The summed E-state index contributed by atoms with van der Waals surface area (Å²) in [5.74, 6) is 0.0478. The Kier molecular flexibility index (Phi) is 3.23. The third-order valence-corrected chi connectivity index (χ3v) is 3.90. The molecule has 1 fully saturated rings. The van der Waals surface area contributed by atoms with Gasteiger partial charge in [0, 0.05) is 12.1 Å². The third-order valence-electron chi connectivity index (χ3n) is 3.90. The van der Waals surface area contributed by atoms with Gasteiger partial charge in [0.1, 0.15) is 5.84 Å². The van der Waals surface area contributed by atoms with Crippen LogP contribution in [0, 0.1) is 0 Å². The fraction of sp³-hybridized carbons (Fsp3) is 0.467. The standard InChI is InChI=1S/C15H18N2O2/c18-15(19)8-7-14-16-12-5-1-3-10-4-2-6-13(17-14)11(12)9-10/h1,3,5,13H,2,4,6-9H2,(H,16,17)(H,18,19). The van der Waals surface area contributed by atoms with Crippen LogP contribution in [0.25, 0.3) is 0 Å².